The SMILES string of the molecule is NC(=O)c1cc(-c2ccc3c4c(cccc24)CC3)n2nnnc2c1. The molecule has 0 atom stereocenters. The van der Waals surface area contributed by atoms with Crippen LogP contribution in [0.3, 0.4) is 0 Å². The smallest absolute Gasteiger partial charge is 0.248 e. The highest BCUT2D eigenvalue weighted by Crippen LogP contribution is 2.37. The maximum atomic E-state index is 11.7. The van der Waals surface area contributed by atoms with Crippen LogP contribution in [0.1, 0.15) is 21.5 Å². The molecule has 0 saturated heterocycles. The molecular formula is C18H13N5O. The number of carbonyl (C=O) groups excluding carboxylic acids is 1. The Morgan fingerprint density at radius 3 is 2.75 bits per heavy atom. The maximum absolute atomic E-state index is 11.7. The number of tetrazole rings is 1. The van der Waals surface area contributed by atoms with Crippen molar-refractivity contribution < 1.29 is 4.79 Å². The maximum Gasteiger partial charge on any atom is 0.248 e. The quantitative estimate of drug-likeness (QED) is 0.614. The molecule has 2 aromatic heterocycles. The summed E-state index contributed by atoms with van der Waals surface area (Å²) in [6, 6.07) is 13.9. The van der Waals surface area contributed by atoms with Crippen molar-refractivity contribution in [3.63, 3.8) is 0 Å². The number of carbonyl (C=O) groups is 1. The van der Waals surface area contributed by atoms with Gasteiger partial charge in [-0.2, -0.15) is 4.52 Å². The zero-order valence-electron chi connectivity index (χ0n) is 12.7. The lowest BCUT2D eigenvalue weighted by molar-refractivity contribution is 0.100. The second-order valence-electron chi connectivity index (χ2n) is 6.05. The Labute approximate surface area is 136 Å². The molecule has 0 unspecified atom stereocenters. The number of amides is 1. The summed E-state index contributed by atoms with van der Waals surface area (Å²) in [6.07, 6.45) is 2.13. The van der Waals surface area contributed by atoms with Gasteiger partial charge in [0, 0.05) is 11.1 Å². The van der Waals surface area contributed by atoms with E-state index in [0.29, 0.717) is 11.2 Å². The molecule has 0 fully saturated rings. The van der Waals surface area contributed by atoms with Crippen LogP contribution in [-0.2, 0) is 12.8 Å². The van der Waals surface area contributed by atoms with Crippen LogP contribution >= 0.6 is 0 Å². The van der Waals surface area contributed by atoms with Crippen molar-refractivity contribution in [3.05, 3.63) is 59.2 Å². The number of nitrogens with two attached hydrogens (primary N) is 1. The number of aryl methyl sites for hydroxylation is 2. The number of benzene rings is 2. The van der Waals surface area contributed by atoms with E-state index in [-0.39, 0.29) is 0 Å². The van der Waals surface area contributed by atoms with Gasteiger partial charge in [-0.25, -0.2) is 0 Å². The van der Waals surface area contributed by atoms with Gasteiger partial charge in [0.15, 0.2) is 5.65 Å². The normalized spacial score (nSPS) is 13.0. The summed E-state index contributed by atoms with van der Waals surface area (Å²) < 4.78 is 1.64. The van der Waals surface area contributed by atoms with E-state index < -0.39 is 5.91 Å². The first-order chi connectivity index (χ1) is 11.7. The Bertz CT molecular complexity index is 1130. The zero-order chi connectivity index (χ0) is 16.3. The molecule has 0 saturated carbocycles. The first-order valence-corrected chi connectivity index (χ1v) is 7.78. The van der Waals surface area contributed by atoms with E-state index >= 15 is 0 Å². The fourth-order valence-electron chi connectivity index (χ4n) is 3.65. The van der Waals surface area contributed by atoms with Gasteiger partial charge in [-0.15, -0.1) is 5.10 Å². The number of hydrogen-bond donors (Lipinski definition) is 1. The van der Waals surface area contributed by atoms with Gasteiger partial charge >= 0.3 is 0 Å². The van der Waals surface area contributed by atoms with Crippen molar-refractivity contribution in [2.45, 2.75) is 12.8 Å². The first kappa shape index (κ1) is 13.2. The van der Waals surface area contributed by atoms with Crippen LogP contribution in [0.2, 0.25) is 0 Å². The second-order valence-corrected chi connectivity index (χ2v) is 6.05. The molecule has 2 heterocycles. The monoisotopic (exact) mass is 315 g/mol. The highest BCUT2D eigenvalue weighted by atomic mass is 16.1. The van der Waals surface area contributed by atoms with E-state index in [1.54, 1.807) is 16.6 Å². The fourth-order valence-corrected chi connectivity index (χ4v) is 3.65. The van der Waals surface area contributed by atoms with Crippen LogP contribution < -0.4 is 5.73 Å². The molecule has 2 N–H and O–H groups in total. The Morgan fingerprint density at radius 2 is 1.92 bits per heavy atom. The van der Waals surface area contributed by atoms with Crippen LogP contribution in [-0.4, -0.2) is 25.9 Å². The molecule has 0 aliphatic heterocycles. The Hall–Kier alpha value is -3.28. The van der Waals surface area contributed by atoms with Crippen LogP contribution in [0.15, 0.2) is 42.5 Å². The van der Waals surface area contributed by atoms with Gasteiger partial charge in [0.2, 0.25) is 5.91 Å². The van der Waals surface area contributed by atoms with Crippen LogP contribution in [0.5, 0.6) is 0 Å². The van der Waals surface area contributed by atoms with Crippen LogP contribution in [0, 0.1) is 0 Å². The fraction of sp³-hybridized carbons (Fsp3) is 0.111. The van der Waals surface area contributed by atoms with Gasteiger partial charge in [0.25, 0.3) is 0 Å². The summed E-state index contributed by atoms with van der Waals surface area (Å²) >= 11 is 0. The van der Waals surface area contributed by atoms with Gasteiger partial charge in [0.05, 0.1) is 5.69 Å². The second kappa shape index (κ2) is 4.61. The number of rotatable bonds is 2. The summed E-state index contributed by atoms with van der Waals surface area (Å²) in [5.41, 5.74) is 10.9. The highest BCUT2D eigenvalue weighted by Gasteiger charge is 2.19. The van der Waals surface area contributed by atoms with E-state index in [9.17, 15) is 4.79 Å². The predicted octanol–water partition coefficient (Wildman–Crippen LogP) is 2.14. The summed E-state index contributed by atoms with van der Waals surface area (Å²) in [4.78, 5) is 11.7. The van der Waals surface area contributed by atoms with Crippen molar-refractivity contribution in [1.82, 2.24) is 20.0 Å². The summed E-state index contributed by atoms with van der Waals surface area (Å²) in [5.74, 6) is -0.493. The first-order valence-electron chi connectivity index (χ1n) is 7.78. The van der Waals surface area contributed by atoms with E-state index in [2.05, 4.69) is 45.9 Å². The van der Waals surface area contributed by atoms with E-state index in [4.69, 9.17) is 5.73 Å². The van der Waals surface area contributed by atoms with Crippen molar-refractivity contribution in [3.8, 4) is 11.3 Å². The molecule has 6 heteroatoms. The van der Waals surface area contributed by atoms with Crippen LogP contribution in [0.4, 0.5) is 0 Å². The van der Waals surface area contributed by atoms with E-state index in [1.165, 1.54) is 16.5 Å². The summed E-state index contributed by atoms with van der Waals surface area (Å²) in [5, 5.41) is 14.2. The molecule has 0 bridgehead atoms. The third-order valence-electron chi connectivity index (χ3n) is 4.74. The average molecular weight is 315 g/mol. The number of primary amides is 1. The Morgan fingerprint density at radius 1 is 1.08 bits per heavy atom. The minimum absolute atomic E-state index is 0.399. The predicted molar refractivity (Wildman–Crippen MR) is 89.6 cm³/mol. The number of pyridine rings is 1. The van der Waals surface area contributed by atoms with Gasteiger partial charge in [-0.1, -0.05) is 30.3 Å². The van der Waals surface area contributed by atoms with Crippen LogP contribution in [0.25, 0.3) is 27.7 Å². The lowest BCUT2D eigenvalue weighted by Gasteiger charge is -2.11. The van der Waals surface area contributed by atoms with Gasteiger partial charge in [-0.3, -0.25) is 4.79 Å². The number of hydrogen-bond acceptors (Lipinski definition) is 4. The zero-order valence-corrected chi connectivity index (χ0v) is 12.7. The lowest BCUT2D eigenvalue weighted by Crippen LogP contribution is -2.12. The topological polar surface area (TPSA) is 86.2 Å². The molecule has 0 spiro atoms. The third kappa shape index (κ3) is 1.70. The van der Waals surface area contributed by atoms with Gasteiger partial charge in [-0.05, 0) is 57.3 Å². The highest BCUT2D eigenvalue weighted by molar-refractivity contribution is 6.02. The Balaban J connectivity index is 1.90. The van der Waals surface area contributed by atoms with Gasteiger partial charge < -0.3 is 5.73 Å². The molecule has 4 aromatic rings. The third-order valence-corrected chi connectivity index (χ3v) is 4.74. The number of aromatic nitrogens is 4. The molecule has 5 rings (SSSR count). The largest absolute Gasteiger partial charge is 0.366 e. The number of fused-ring (bicyclic) bond motifs is 1. The molecule has 1 aliphatic carbocycles. The average Bonchev–Trinajstić information content (AvgIpc) is 3.22. The molecule has 1 aliphatic rings. The van der Waals surface area contributed by atoms with Crippen molar-refractivity contribution >= 4 is 22.3 Å². The van der Waals surface area contributed by atoms with Crippen molar-refractivity contribution in [1.29, 1.82) is 0 Å². The van der Waals surface area contributed by atoms with Crippen molar-refractivity contribution in [2.24, 2.45) is 5.73 Å². The van der Waals surface area contributed by atoms with E-state index in [0.717, 1.165) is 29.5 Å². The molecule has 6 nitrogen and oxygen atoms in total. The molecular weight excluding hydrogens is 302 g/mol. The molecule has 116 valence electrons. The molecule has 0 radical (unpaired) electrons. The lowest BCUT2D eigenvalue weighted by atomic mass is 9.97. The number of nitrogens with zero attached hydrogens (tertiary/aromatic N) is 4. The minimum Gasteiger partial charge on any atom is -0.366 e. The standard InChI is InChI=1S/C18H13N5O/c19-18(24)12-8-15(23-16(9-12)20-21-22-23)13-7-6-11-5-4-10-2-1-3-14(13)17(10)11/h1-3,6-9H,4-5H2,(H2,19,24). The summed E-state index contributed by atoms with van der Waals surface area (Å²) in [6.45, 7) is 0. The van der Waals surface area contributed by atoms with Gasteiger partial charge in [0.1, 0.15) is 0 Å². The Kier molecular flexibility index (Phi) is 2.53. The summed E-state index contributed by atoms with van der Waals surface area (Å²) in [7, 11) is 0. The molecule has 24 heavy (non-hydrogen) atoms. The van der Waals surface area contributed by atoms with E-state index in [1.807, 2.05) is 0 Å². The molecule has 1 amide bonds. The molecule has 2 aromatic carbocycles. The minimum atomic E-state index is -0.493. The van der Waals surface area contributed by atoms with Crippen molar-refractivity contribution in [2.75, 3.05) is 0 Å².